The van der Waals surface area contributed by atoms with Crippen LogP contribution < -0.4 is 0 Å². The first kappa shape index (κ1) is 18.3. The third kappa shape index (κ3) is 5.82. The van der Waals surface area contributed by atoms with Crippen molar-refractivity contribution in [1.82, 2.24) is 0 Å². The summed E-state index contributed by atoms with van der Waals surface area (Å²) in [4.78, 5) is 11.8. The first-order chi connectivity index (χ1) is 11.1. The Kier molecular flexibility index (Phi) is 6.91. The lowest BCUT2D eigenvalue weighted by molar-refractivity contribution is -0.149. The topological polar surface area (TPSA) is 38.8 Å². The molecule has 0 spiro atoms. The molecule has 0 aromatic heterocycles. The van der Waals surface area contributed by atoms with E-state index in [2.05, 4.69) is 19.1 Å². The summed E-state index contributed by atoms with van der Waals surface area (Å²) in [5, 5.41) is 0.792. The van der Waals surface area contributed by atoms with Crippen LogP contribution in [0.3, 0.4) is 0 Å². The number of carbonyl (C=O) groups is 1. The lowest BCUT2D eigenvalue weighted by Gasteiger charge is -2.14. The molecule has 23 heavy (non-hydrogen) atoms. The zero-order valence-corrected chi connectivity index (χ0v) is 14.9. The normalized spacial score (nSPS) is 21.0. The highest BCUT2D eigenvalue weighted by Gasteiger charge is 2.52. The van der Waals surface area contributed by atoms with E-state index in [1.165, 1.54) is 18.4 Å². The molecule has 1 heterocycles. The van der Waals surface area contributed by atoms with Crippen molar-refractivity contribution in [3.05, 3.63) is 34.9 Å². The maximum absolute atomic E-state index is 11.8. The molecular formula is C19H27ClO3. The maximum Gasteiger partial charge on any atom is 0.340 e. The van der Waals surface area contributed by atoms with Gasteiger partial charge in [-0.25, -0.2) is 4.79 Å². The summed E-state index contributed by atoms with van der Waals surface area (Å²) in [7, 11) is 0. The molecular weight excluding hydrogens is 312 g/mol. The highest BCUT2D eigenvalue weighted by molar-refractivity contribution is 6.30. The molecule has 1 saturated heterocycles. The number of ether oxygens (including phenoxy) is 2. The Morgan fingerprint density at radius 2 is 1.96 bits per heavy atom. The van der Waals surface area contributed by atoms with E-state index in [9.17, 15) is 4.79 Å². The Morgan fingerprint density at radius 1 is 1.30 bits per heavy atom. The van der Waals surface area contributed by atoms with Crippen LogP contribution in [-0.4, -0.2) is 24.8 Å². The molecule has 2 atom stereocenters. The maximum atomic E-state index is 11.8. The van der Waals surface area contributed by atoms with Gasteiger partial charge in [0.15, 0.2) is 5.60 Å². The second-order valence-corrected chi connectivity index (χ2v) is 6.96. The number of halogens is 1. The number of aryl methyl sites for hydroxylation is 1. The first-order valence-electron chi connectivity index (χ1n) is 8.61. The fourth-order valence-electron chi connectivity index (χ4n) is 2.90. The van der Waals surface area contributed by atoms with Gasteiger partial charge in [0.25, 0.3) is 0 Å². The van der Waals surface area contributed by atoms with Crippen molar-refractivity contribution in [3.63, 3.8) is 0 Å². The van der Waals surface area contributed by atoms with Gasteiger partial charge in [-0.3, -0.25) is 0 Å². The molecule has 1 aliphatic heterocycles. The number of hydrogen-bond acceptors (Lipinski definition) is 3. The van der Waals surface area contributed by atoms with Crippen molar-refractivity contribution >= 4 is 17.6 Å². The third-order valence-corrected chi connectivity index (χ3v) is 4.75. The van der Waals surface area contributed by atoms with E-state index in [0.717, 1.165) is 30.7 Å². The van der Waals surface area contributed by atoms with Gasteiger partial charge in [-0.05, 0) is 56.2 Å². The zero-order chi connectivity index (χ0) is 16.7. The van der Waals surface area contributed by atoms with Gasteiger partial charge in [0.1, 0.15) is 0 Å². The number of hydrogen-bond donors (Lipinski definition) is 0. The fourth-order valence-corrected chi connectivity index (χ4v) is 3.03. The van der Waals surface area contributed by atoms with Gasteiger partial charge in [-0.1, -0.05) is 43.5 Å². The number of carbonyl (C=O) groups excluding carboxylic acids is 1. The molecule has 2 rings (SSSR count). The SMILES string of the molecule is CCOC(=O)C1(CCCC(C)CCCc2ccc(Cl)cc2)CO1. The average molecular weight is 339 g/mol. The Bertz CT molecular complexity index is 494. The summed E-state index contributed by atoms with van der Waals surface area (Å²) in [5.74, 6) is 0.482. The van der Waals surface area contributed by atoms with E-state index in [4.69, 9.17) is 21.1 Å². The van der Waals surface area contributed by atoms with E-state index in [1.807, 2.05) is 19.1 Å². The van der Waals surface area contributed by atoms with Gasteiger partial charge < -0.3 is 9.47 Å². The van der Waals surface area contributed by atoms with Gasteiger partial charge in [0, 0.05) is 5.02 Å². The van der Waals surface area contributed by atoms with Gasteiger partial charge >= 0.3 is 5.97 Å². The number of benzene rings is 1. The fraction of sp³-hybridized carbons (Fsp3) is 0.632. The summed E-state index contributed by atoms with van der Waals surface area (Å²) in [5.41, 5.74) is 0.730. The molecule has 128 valence electrons. The van der Waals surface area contributed by atoms with Crippen LogP contribution in [0.25, 0.3) is 0 Å². The molecule has 1 fully saturated rings. The molecule has 1 aliphatic rings. The molecule has 4 heteroatoms. The molecule has 0 bridgehead atoms. The van der Waals surface area contributed by atoms with Crippen molar-refractivity contribution < 1.29 is 14.3 Å². The smallest absolute Gasteiger partial charge is 0.340 e. The van der Waals surface area contributed by atoms with Crippen LogP contribution in [0, 0.1) is 5.92 Å². The first-order valence-corrected chi connectivity index (χ1v) is 8.99. The van der Waals surface area contributed by atoms with E-state index < -0.39 is 5.60 Å². The largest absolute Gasteiger partial charge is 0.464 e. The zero-order valence-electron chi connectivity index (χ0n) is 14.1. The minimum Gasteiger partial charge on any atom is -0.464 e. The van der Waals surface area contributed by atoms with Crippen LogP contribution in [0.2, 0.25) is 5.02 Å². The number of epoxide rings is 1. The van der Waals surface area contributed by atoms with Crippen LogP contribution in [0.1, 0.15) is 51.5 Å². The van der Waals surface area contributed by atoms with Gasteiger partial charge in [0.2, 0.25) is 0 Å². The lowest BCUT2D eigenvalue weighted by atomic mass is 9.93. The van der Waals surface area contributed by atoms with Gasteiger partial charge in [-0.15, -0.1) is 0 Å². The molecule has 0 radical (unpaired) electrons. The third-order valence-electron chi connectivity index (χ3n) is 4.49. The second kappa shape index (κ2) is 8.70. The van der Waals surface area contributed by atoms with Crippen molar-refractivity contribution in [2.24, 2.45) is 5.92 Å². The van der Waals surface area contributed by atoms with Gasteiger partial charge in [-0.2, -0.15) is 0 Å². The van der Waals surface area contributed by atoms with Crippen LogP contribution in [0.15, 0.2) is 24.3 Å². The summed E-state index contributed by atoms with van der Waals surface area (Å²) in [6, 6.07) is 8.09. The highest BCUT2D eigenvalue weighted by atomic mass is 35.5. The predicted molar refractivity (Wildman–Crippen MR) is 92.7 cm³/mol. The molecule has 1 aromatic carbocycles. The lowest BCUT2D eigenvalue weighted by Crippen LogP contribution is -2.27. The van der Waals surface area contributed by atoms with Crippen LogP contribution >= 0.6 is 11.6 Å². The Labute approximate surface area is 144 Å². The van der Waals surface area contributed by atoms with Crippen molar-refractivity contribution in [2.45, 2.75) is 58.0 Å². The van der Waals surface area contributed by atoms with E-state index >= 15 is 0 Å². The molecule has 0 N–H and O–H groups in total. The number of rotatable bonds is 10. The van der Waals surface area contributed by atoms with E-state index in [1.54, 1.807) is 0 Å². The van der Waals surface area contributed by atoms with Crippen LogP contribution in [0.5, 0.6) is 0 Å². The average Bonchev–Trinajstić information content (AvgIpc) is 3.31. The molecule has 3 nitrogen and oxygen atoms in total. The quantitative estimate of drug-likeness (QED) is 0.454. The summed E-state index contributed by atoms with van der Waals surface area (Å²) in [6.07, 6.45) is 6.41. The van der Waals surface area contributed by atoms with E-state index in [0.29, 0.717) is 19.1 Å². The van der Waals surface area contributed by atoms with Crippen molar-refractivity contribution in [2.75, 3.05) is 13.2 Å². The Hall–Kier alpha value is -1.06. The highest BCUT2D eigenvalue weighted by Crippen LogP contribution is 2.35. The van der Waals surface area contributed by atoms with Crippen molar-refractivity contribution in [1.29, 1.82) is 0 Å². The second-order valence-electron chi connectivity index (χ2n) is 6.52. The van der Waals surface area contributed by atoms with E-state index in [-0.39, 0.29) is 5.97 Å². The number of esters is 1. The molecule has 0 aliphatic carbocycles. The summed E-state index contributed by atoms with van der Waals surface area (Å²) in [6.45, 7) is 5.06. The predicted octanol–water partition coefficient (Wildman–Crippen LogP) is 4.80. The molecule has 0 saturated carbocycles. The minimum atomic E-state index is -0.612. The molecule has 2 unspecified atom stereocenters. The standard InChI is InChI=1S/C19H27ClO3/c1-3-22-18(21)19(14-23-19)13-5-7-15(2)6-4-8-16-9-11-17(20)12-10-16/h9-12,15H,3-8,13-14H2,1-2H3. The minimum absolute atomic E-state index is 0.185. The summed E-state index contributed by atoms with van der Waals surface area (Å²) < 4.78 is 10.4. The molecule has 1 aromatic rings. The van der Waals surface area contributed by atoms with Gasteiger partial charge in [0.05, 0.1) is 13.2 Å². The Morgan fingerprint density at radius 3 is 2.57 bits per heavy atom. The van der Waals surface area contributed by atoms with Crippen molar-refractivity contribution in [3.8, 4) is 0 Å². The monoisotopic (exact) mass is 338 g/mol. The van der Waals surface area contributed by atoms with Crippen LogP contribution in [-0.2, 0) is 20.7 Å². The molecule has 0 amide bonds. The van der Waals surface area contributed by atoms with Crippen LogP contribution in [0.4, 0.5) is 0 Å². The Balaban J connectivity index is 1.59. The summed E-state index contributed by atoms with van der Waals surface area (Å²) >= 11 is 5.89.